The molecule has 5 heteroatoms. The number of carbonyl (C=O) groups is 2. The molecule has 0 rings (SSSR count). The monoisotopic (exact) mass is 254 g/mol. The van der Waals surface area contributed by atoms with Crippen LogP contribution in [0.1, 0.15) is 40.0 Å². The Labute approximate surface area is 108 Å². The highest BCUT2D eigenvalue weighted by Gasteiger charge is 2.28. The molecule has 0 aromatic rings. The van der Waals surface area contributed by atoms with Crippen molar-refractivity contribution in [3.8, 4) is 12.3 Å². The number of nitrogens with one attached hydrogen (secondary N) is 2. The van der Waals surface area contributed by atoms with Gasteiger partial charge in [0.2, 0.25) is 0 Å². The smallest absolute Gasteiger partial charge is 0.315 e. The predicted molar refractivity (Wildman–Crippen MR) is 70.1 cm³/mol. The summed E-state index contributed by atoms with van der Waals surface area (Å²) in [5.41, 5.74) is -0.311. The minimum absolute atomic E-state index is 0.0960. The first-order valence-electron chi connectivity index (χ1n) is 5.97. The summed E-state index contributed by atoms with van der Waals surface area (Å²) in [5, 5.41) is 14.1. The Balaban J connectivity index is 4.20. The van der Waals surface area contributed by atoms with E-state index in [1.807, 2.05) is 20.8 Å². The highest BCUT2D eigenvalue weighted by molar-refractivity contribution is 5.75. The van der Waals surface area contributed by atoms with Crippen molar-refractivity contribution < 1.29 is 14.7 Å². The Morgan fingerprint density at radius 3 is 2.44 bits per heavy atom. The first-order valence-corrected chi connectivity index (χ1v) is 5.97. The highest BCUT2D eigenvalue weighted by Crippen LogP contribution is 2.21. The van der Waals surface area contributed by atoms with Gasteiger partial charge in [0.05, 0.1) is 6.42 Å². The second kappa shape index (κ2) is 7.59. The lowest BCUT2D eigenvalue weighted by molar-refractivity contribution is -0.138. The summed E-state index contributed by atoms with van der Waals surface area (Å²) in [6.07, 6.45) is 6.32. The van der Waals surface area contributed by atoms with E-state index in [-0.39, 0.29) is 17.9 Å². The first-order chi connectivity index (χ1) is 8.27. The molecule has 5 nitrogen and oxygen atoms in total. The van der Waals surface area contributed by atoms with Crippen LogP contribution in [0, 0.1) is 17.8 Å². The molecule has 0 bridgehead atoms. The molecule has 1 atom stereocenters. The molecule has 0 aliphatic carbocycles. The molecule has 0 spiro atoms. The maximum absolute atomic E-state index is 11.6. The third kappa shape index (κ3) is 7.55. The largest absolute Gasteiger partial charge is 0.481 e. The molecule has 18 heavy (non-hydrogen) atoms. The molecular weight excluding hydrogens is 232 g/mol. The van der Waals surface area contributed by atoms with Gasteiger partial charge in [-0.2, -0.15) is 0 Å². The normalized spacial score (nSPS) is 12.3. The molecule has 102 valence electrons. The molecule has 0 saturated heterocycles. The molecule has 0 aliphatic rings. The Hall–Kier alpha value is -1.70. The standard InChI is InChI=1S/C13H22N2O3/c1-5-6-7-8-14-12(18)15-10(9-11(16)17)13(2,3)4/h1,10H,6-9H2,2-4H3,(H,16,17)(H2,14,15,18). The summed E-state index contributed by atoms with van der Waals surface area (Å²) in [4.78, 5) is 22.3. The number of unbranched alkanes of at least 4 members (excludes halogenated alkanes) is 1. The number of amides is 2. The Morgan fingerprint density at radius 1 is 1.39 bits per heavy atom. The van der Waals surface area contributed by atoms with Crippen molar-refractivity contribution in [3.63, 3.8) is 0 Å². The fraction of sp³-hybridized carbons (Fsp3) is 0.692. The van der Waals surface area contributed by atoms with Gasteiger partial charge < -0.3 is 15.7 Å². The van der Waals surface area contributed by atoms with Crippen LogP contribution in [0.5, 0.6) is 0 Å². The predicted octanol–water partition coefficient (Wildman–Crippen LogP) is 1.59. The summed E-state index contributed by atoms with van der Waals surface area (Å²) >= 11 is 0. The van der Waals surface area contributed by atoms with Gasteiger partial charge in [-0.3, -0.25) is 4.79 Å². The highest BCUT2D eigenvalue weighted by atomic mass is 16.4. The van der Waals surface area contributed by atoms with E-state index in [1.165, 1.54) is 0 Å². The van der Waals surface area contributed by atoms with Crippen molar-refractivity contribution in [2.45, 2.75) is 46.1 Å². The van der Waals surface area contributed by atoms with E-state index < -0.39 is 12.0 Å². The SMILES string of the molecule is C#CCCCNC(=O)NC(CC(=O)O)C(C)(C)C. The van der Waals surface area contributed by atoms with Gasteiger partial charge in [-0.05, 0) is 11.8 Å². The molecule has 0 radical (unpaired) electrons. The van der Waals surface area contributed by atoms with Crippen LogP contribution in [-0.2, 0) is 4.79 Å². The van der Waals surface area contributed by atoms with Crippen LogP contribution in [0.3, 0.4) is 0 Å². The van der Waals surface area contributed by atoms with Crippen LogP contribution in [0.25, 0.3) is 0 Å². The summed E-state index contributed by atoms with van der Waals surface area (Å²) in [7, 11) is 0. The van der Waals surface area contributed by atoms with Crippen LogP contribution in [0.4, 0.5) is 4.79 Å². The lowest BCUT2D eigenvalue weighted by Gasteiger charge is -2.30. The van der Waals surface area contributed by atoms with E-state index in [1.54, 1.807) is 0 Å². The van der Waals surface area contributed by atoms with E-state index >= 15 is 0 Å². The van der Waals surface area contributed by atoms with Gasteiger partial charge in [-0.15, -0.1) is 12.3 Å². The van der Waals surface area contributed by atoms with Gasteiger partial charge >= 0.3 is 12.0 Å². The van der Waals surface area contributed by atoms with Crippen molar-refractivity contribution in [2.75, 3.05) is 6.54 Å². The number of carbonyl (C=O) groups excluding carboxylic acids is 1. The lowest BCUT2D eigenvalue weighted by Crippen LogP contribution is -2.49. The van der Waals surface area contributed by atoms with E-state index in [0.717, 1.165) is 0 Å². The van der Waals surface area contributed by atoms with Gasteiger partial charge in [-0.25, -0.2) is 4.79 Å². The van der Waals surface area contributed by atoms with Crippen molar-refractivity contribution >= 4 is 12.0 Å². The van der Waals surface area contributed by atoms with Gasteiger partial charge in [0.25, 0.3) is 0 Å². The molecule has 0 heterocycles. The van der Waals surface area contributed by atoms with Crippen molar-refractivity contribution in [1.82, 2.24) is 10.6 Å². The zero-order valence-electron chi connectivity index (χ0n) is 11.2. The Bertz CT molecular complexity index is 326. The molecular formula is C13H22N2O3. The zero-order chi connectivity index (χ0) is 14.2. The van der Waals surface area contributed by atoms with E-state index in [4.69, 9.17) is 11.5 Å². The van der Waals surface area contributed by atoms with Crippen molar-refractivity contribution in [3.05, 3.63) is 0 Å². The fourth-order valence-corrected chi connectivity index (χ4v) is 1.35. The van der Waals surface area contributed by atoms with E-state index in [2.05, 4.69) is 16.6 Å². The summed E-state index contributed by atoms with van der Waals surface area (Å²) in [5.74, 6) is 1.55. The minimum Gasteiger partial charge on any atom is -0.481 e. The quantitative estimate of drug-likeness (QED) is 0.497. The van der Waals surface area contributed by atoms with Crippen LogP contribution >= 0.6 is 0 Å². The number of urea groups is 1. The molecule has 0 aromatic heterocycles. The van der Waals surface area contributed by atoms with Crippen LogP contribution in [0.2, 0.25) is 0 Å². The van der Waals surface area contributed by atoms with Crippen LogP contribution < -0.4 is 10.6 Å². The van der Waals surface area contributed by atoms with E-state index in [0.29, 0.717) is 19.4 Å². The Morgan fingerprint density at radius 2 is 2.00 bits per heavy atom. The Kier molecular flexibility index (Phi) is 6.88. The van der Waals surface area contributed by atoms with Gasteiger partial charge in [0.1, 0.15) is 0 Å². The van der Waals surface area contributed by atoms with Crippen molar-refractivity contribution in [2.24, 2.45) is 5.41 Å². The second-order valence-electron chi connectivity index (χ2n) is 5.22. The van der Waals surface area contributed by atoms with Crippen molar-refractivity contribution in [1.29, 1.82) is 0 Å². The number of terminal acetylenes is 1. The summed E-state index contributed by atoms with van der Waals surface area (Å²) in [6, 6.07) is -0.768. The number of hydrogen-bond acceptors (Lipinski definition) is 2. The van der Waals surface area contributed by atoms with Gasteiger partial charge in [0, 0.05) is 19.0 Å². The topological polar surface area (TPSA) is 78.4 Å². The molecule has 0 aromatic carbocycles. The molecule has 3 N–H and O–H groups in total. The molecule has 0 aliphatic heterocycles. The lowest BCUT2D eigenvalue weighted by atomic mass is 9.85. The number of carboxylic acids is 1. The number of rotatable bonds is 6. The summed E-state index contributed by atoms with van der Waals surface area (Å²) < 4.78 is 0. The van der Waals surface area contributed by atoms with Gasteiger partial charge in [0.15, 0.2) is 0 Å². The zero-order valence-corrected chi connectivity index (χ0v) is 11.2. The molecule has 1 unspecified atom stereocenters. The maximum Gasteiger partial charge on any atom is 0.315 e. The molecule has 0 fully saturated rings. The maximum atomic E-state index is 11.6. The number of carboxylic acid groups (broad SMARTS) is 1. The van der Waals surface area contributed by atoms with Crippen LogP contribution in [0.15, 0.2) is 0 Å². The second-order valence-corrected chi connectivity index (χ2v) is 5.22. The first kappa shape index (κ1) is 16.3. The summed E-state index contributed by atoms with van der Waals surface area (Å²) in [6.45, 7) is 6.15. The average Bonchev–Trinajstić information content (AvgIpc) is 2.21. The van der Waals surface area contributed by atoms with E-state index in [9.17, 15) is 9.59 Å². The number of aliphatic carboxylic acids is 1. The van der Waals surface area contributed by atoms with Crippen LogP contribution in [-0.4, -0.2) is 29.7 Å². The third-order valence-corrected chi connectivity index (χ3v) is 2.51. The molecule has 2 amide bonds. The van der Waals surface area contributed by atoms with Gasteiger partial charge in [-0.1, -0.05) is 20.8 Å². The molecule has 0 saturated carbocycles. The third-order valence-electron chi connectivity index (χ3n) is 2.51. The minimum atomic E-state index is -0.928. The fourth-order valence-electron chi connectivity index (χ4n) is 1.35. The number of hydrogen-bond donors (Lipinski definition) is 3. The average molecular weight is 254 g/mol.